The normalized spacial score (nSPS) is 11.2. The molecule has 5 rings (SSSR count). The van der Waals surface area contributed by atoms with Gasteiger partial charge in [-0.2, -0.15) is 0 Å². The SMILES string of the molecule is O=C(OCCCCCCCCCCOC(=O)c1c2ccccc2cc2ccccc12)c1ccc2ccccc2c1. The van der Waals surface area contributed by atoms with E-state index in [4.69, 9.17) is 9.47 Å². The number of esters is 2. The molecular weight excluding hydrogens is 496 g/mol. The fourth-order valence-electron chi connectivity index (χ4n) is 5.30. The summed E-state index contributed by atoms with van der Waals surface area (Å²) in [7, 11) is 0. The maximum Gasteiger partial charge on any atom is 0.339 e. The molecule has 5 aromatic carbocycles. The van der Waals surface area contributed by atoms with Crippen molar-refractivity contribution in [3.63, 3.8) is 0 Å². The first-order valence-electron chi connectivity index (χ1n) is 14.4. The first-order valence-corrected chi connectivity index (χ1v) is 14.4. The number of unbranched alkanes of at least 4 members (excludes halogenated alkanes) is 7. The molecule has 0 aromatic heterocycles. The van der Waals surface area contributed by atoms with Gasteiger partial charge in [-0.05, 0) is 63.4 Å². The molecule has 0 amide bonds. The van der Waals surface area contributed by atoms with E-state index in [1.807, 2.05) is 91.0 Å². The highest BCUT2D eigenvalue weighted by atomic mass is 16.5. The molecule has 0 fully saturated rings. The summed E-state index contributed by atoms with van der Waals surface area (Å²) in [6, 6.07) is 31.8. The number of carbonyl (C=O) groups excluding carboxylic acids is 2. The molecule has 5 aromatic rings. The quantitative estimate of drug-likeness (QED) is 0.0861. The van der Waals surface area contributed by atoms with E-state index in [1.54, 1.807) is 0 Å². The summed E-state index contributed by atoms with van der Waals surface area (Å²) in [5, 5.41) is 6.15. The average molecular weight is 533 g/mol. The van der Waals surface area contributed by atoms with Gasteiger partial charge in [0.05, 0.1) is 24.3 Å². The van der Waals surface area contributed by atoms with E-state index in [-0.39, 0.29) is 11.9 Å². The van der Waals surface area contributed by atoms with Gasteiger partial charge in [0, 0.05) is 0 Å². The van der Waals surface area contributed by atoms with E-state index in [0.29, 0.717) is 24.3 Å². The third kappa shape index (κ3) is 6.87. The van der Waals surface area contributed by atoms with Crippen molar-refractivity contribution < 1.29 is 19.1 Å². The van der Waals surface area contributed by atoms with Gasteiger partial charge in [-0.1, -0.05) is 117 Å². The molecule has 0 aliphatic carbocycles. The lowest BCUT2D eigenvalue weighted by Crippen LogP contribution is -2.08. The van der Waals surface area contributed by atoms with Gasteiger partial charge in [0.25, 0.3) is 0 Å². The van der Waals surface area contributed by atoms with Crippen molar-refractivity contribution in [3.8, 4) is 0 Å². The van der Waals surface area contributed by atoms with Crippen LogP contribution in [0, 0.1) is 0 Å². The van der Waals surface area contributed by atoms with Gasteiger partial charge >= 0.3 is 11.9 Å². The minimum absolute atomic E-state index is 0.241. The molecule has 0 bridgehead atoms. The zero-order chi connectivity index (χ0) is 27.6. The van der Waals surface area contributed by atoms with Crippen LogP contribution in [-0.4, -0.2) is 25.2 Å². The molecule has 0 atom stereocenters. The van der Waals surface area contributed by atoms with Gasteiger partial charge in [-0.25, -0.2) is 9.59 Å². The highest BCUT2D eigenvalue weighted by Crippen LogP contribution is 2.29. The lowest BCUT2D eigenvalue weighted by Gasteiger charge is -2.11. The first kappa shape index (κ1) is 27.4. The molecule has 0 N–H and O–H groups in total. The predicted octanol–water partition coefficient (Wildman–Crippen LogP) is 9.28. The van der Waals surface area contributed by atoms with Crippen LogP contribution in [0.2, 0.25) is 0 Å². The van der Waals surface area contributed by atoms with Crippen LogP contribution in [0.3, 0.4) is 0 Å². The minimum Gasteiger partial charge on any atom is -0.462 e. The Morgan fingerprint density at radius 1 is 0.450 bits per heavy atom. The number of hydrogen-bond acceptors (Lipinski definition) is 4. The van der Waals surface area contributed by atoms with Gasteiger partial charge in [0.2, 0.25) is 0 Å². The number of carbonyl (C=O) groups is 2. The van der Waals surface area contributed by atoms with Gasteiger partial charge in [-0.3, -0.25) is 0 Å². The predicted molar refractivity (Wildman–Crippen MR) is 163 cm³/mol. The van der Waals surface area contributed by atoms with Crippen molar-refractivity contribution in [1.29, 1.82) is 0 Å². The fourth-order valence-corrected chi connectivity index (χ4v) is 5.30. The van der Waals surface area contributed by atoms with Crippen LogP contribution in [0.1, 0.15) is 72.1 Å². The summed E-state index contributed by atoms with van der Waals surface area (Å²) in [5.41, 5.74) is 1.27. The number of benzene rings is 5. The lowest BCUT2D eigenvalue weighted by molar-refractivity contribution is 0.0489. The molecule has 0 aliphatic heterocycles. The summed E-state index contributed by atoms with van der Waals surface area (Å²) >= 11 is 0. The Labute approximate surface area is 235 Å². The third-order valence-corrected chi connectivity index (χ3v) is 7.47. The van der Waals surface area contributed by atoms with Crippen LogP contribution >= 0.6 is 0 Å². The molecule has 0 heterocycles. The van der Waals surface area contributed by atoms with Gasteiger partial charge < -0.3 is 9.47 Å². The van der Waals surface area contributed by atoms with Crippen LogP contribution in [0.25, 0.3) is 32.3 Å². The summed E-state index contributed by atoms with van der Waals surface area (Å²) < 4.78 is 11.2. The Kier molecular flexibility index (Phi) is 9.41. The van der Waals surface area contributed by atoms with E-state index in [1.165, 1.54) is 12.8 Å². The lowest BCUT2D eigenvalue weighted by atomic mass is 9.97. The second-order valence-electron chi connectivity index (χ2n) is 10.4. The summed E-state index contributed by atoms with van der Waals surface area (Å²) in [5.74, 6) is -0.491. The molecule has 0 saturated carbocycles. The molecule has 204 valence electrons. The summed E-state index contributed by atoms with van der Waals surface area (Å²) in [6.45, 7) is 0.905. The van der Waals surface area contributed by atoms with Crippen LogP contribution in [-0.2, 0) is 9.47 Å². The Morgan fingerprint density at radius 3 is 1.52 bits per heavy atom. The van der Waals surface area contributed by atoms with Crippen LogP contribution in [0.4, 0.5) is 0 Å². The van der Waals surface area contributed by atoms with E-state index < -0.39 is 0 Å². The molecule has 40 heavy (non-hydrogen) atoms. The van der Waals surface area contributed by atoms with Crippen molar-refractivity contribution in [3.05, 3.63) is 108 Å². The number of hydrogen-bond donors (Lipinski definition) is 0. The standard InChI is InChI=1S/C36H36O4/c37-35(31-22-21-27-15-7-8-16-28(27)25-31)39-23-13-5-3-1-2-4-6-14-24-40-36(38)34-32-19-11-9-17-29(32)26-30-18-10-12-20-33(30)34/h7-12,15-22,25-26H,1-6,13-14,23-24H2. The Bertz CT molecular complexity index is 1550. The zero-order valence-corrected chi connectivity index (χ0v) is 22.9. The van der Waals surface area contributed by atoms with Gasteiger partial charge in [0.1, 0.15) is 0 Å². The molecule has 0 unspecified atom stereocenters. The highest BCUT2D eigenvalue weighted by Gasteiger charge is 2.16. The Morgan fingerprint density at radius 2 is 0.925 bits per heavy atom. The van der Waals surface area contributed by atoms with Crippen molar-refractivity contribution in [1.82, 2.24) is 0 Å². The summed E-state index contributed by atoms with van der Waals surface area (Å²) in [6.07, 6.45) is 8.47. The molecule has 4 heteroatoms. The van der Waals surface area contributed by atoms with Crippen molar-refractivity contribution in [2.75, 3.05) is 13.2 Å². The maximum atomic E-state index is 13.1. The molecular formula is C36H36O4. The van der Waals surface area contributed by atoms with E-state index in [9.17, 15) is 9.59 Å². The van der Waals surface area contributed by atoms with E-state index >= 15 is 0 Å². The minimum atomic E-state index is -0.250. The number of fused-ring (bicyclic) bond motifs is 3. The molecule has 0 radical (unpaired) electrons. The smallest absolute Gasteiger partial charge is 0.339 e. The molecule has 4 nitrogen and oxygen atoms in total. The topological polar surface area (TPSA) is 52.6 Å². The molecule has 0 aliphatic rings. The van der Waals surface area contributed by atoms with Gasteiger partial charge in [-0.15, -0.1) is 0 Å². The zero-order valence-electron chi connectivity index (χ0n) is 22.9. The fraction of sp³-hybridized carbons (Fsp3) is 0.278. The van der Waals surface area contributed by atoms with Crippen LogP contribution < -0.4 is 0 Å². The van der Waals surface area contributed by atoms with E-state index in [0.717, 1.165) is 70.8 Å². The average Bonchev–Trinajstić information content (AvgIpc) is 2.99. The summed E-state index contributed by atoms with van der Waals surface area (Å²) in [4.78, 5) is 25.4. The molecule has 0 spiro atoms. The Balaban J connectivity index is 0.941. The number of rotatable bonds is 13. The van der Waals surface area contributed by atoms with Crippen molar-refractivity contribution >= 4 is 44.3 Å². The van der Waals surface area contributed by atoms with E-state index in [2.05, 4.69) is 6.07 Å². The second kappa shape index (κ2) is 13.7. The van der Waals surface area contributed by atoms with Crippen molar-refractivity contribution in [2.45, 2.75) is 51.4 Å². The van der Waals surface area contributed by atoms with Crippen LogP contribution in [0.15, 0.2) is 97.1 Å². The Hall–Kier alpha value is -4.18. The maximum absolute atomic E-state index is 13.1. The molecule has 0 saturated heterocycles. The number of ether oxygens (including phenoxy) is 2. The first-order chi connectivity index (χ1) is 19.7. The second-order valence-corrected chi connectivity index (χ2v) is 10.4. The van der Waals surface area contributed by atoms with Crippen LogP contribution in [0.5, 0.6) is 0 Å². The van der Waals surface area contributed by atoms with Gasteiger partial charge in [0.15, 0.2) is 0 Å². The largest absolute Gasteiger partial charge is 0.462 e. The monoisotopic (exact) mass is 532 g/mol. The highest BCUT2D eigenvalue weighted by molar-refractivity contribution is 6.16. The third-order valence-electron chi connectivity index (χ3n) is 7.47. The van der Waals surface area contributed by atoms with Crippen molar-refractivity contribution in [2.24, 2.45) is 0 Å².